The SMILES string of the molecule is CNS(=O)(=O)c1cc(-n2c(N)c3c(cc2=O)C(=O)NC3=O)ccc1C. The number of aryl methyl sites for hydroxylation is 1. The molecule has 0 atom stereocenters. The molecule has 9 nitrogen and oxygen atoms in total. The van der Waals surface area contributed by atoms with E-state index in [1.54, 1.807) is 6.92 Å². The number of hydrogen-bond acceptors (Lipinski definition) is 6. The molecule has 1 aliphatic rings. The summed E-state index contributed by atoms with van der Waals surface area (Å²) >= 11 is 0. The van der Waals surface area contributed by atoms with Crippen molar-refractivity contribution in [3.63, 3.8) is 0 Å². The quantitative estimate of drug-likeness (QED) is 0.630. The van der Waals surface area contributed by atoms with E-state index in [-0.39, 0.29) is 27.5 Å². The first kappa shape index (κ1) is 16.9. The Hall–Kier alpha value is -2.98. The average Bonchev–Trinajstić information content (AvgIpc) is 2.83. The van der Waals surface area contributed by atoms with Crippen LogP contribution in [0.15, 0.2) is 34.0 Å². The molecule has 10 heteroatoms. The van der Waals surface area contributed by atoms with Crippen LogP contribution in [-0.2, 0) is 10.0 Å². The van der Waals surface area contributed by atoms with E-state index >= 15 is 0 Å². The van der Waals surface area contributed by atoms with Gasteiger partial charge >= 0.3 is 0 Å². The van der Waals surface area contributed by atoms with Gasteiger partial charge in [0.15, 0.2) is 0 Å². The van der Waals surface area contributed by atoms with Crippen molar-refractivity contribution in [1.29, 1.82) is 0 Å². The molecule has 0 spiro atoms. The van der Waals surface area contributed by atoms with Crippen LogP contribution in [0.25, 0.3) is 5.69 Å². The highest BCUT2D eigenvalue weighted by molar-refractivity contribution is 7.89. The summed E-state index contributed by atoms with van der Waals surface area (Å²) in [6.07, 6.45) is 0. The number of amides is 2. The lowest BCUT2D eigenvalue weighted by molar-refractivity contribution is 0.0880. The molecule has 0 radical (unpaired) electrons. The molecule has 1 aromatic heterocycles. The summed E-state index contributed by atoms with van der Waals surface area (Å²) in [4.78, 5) is 35.9. The van der Waals surface area contributed by atoms with Crippen LogP contribution < -0.4 is 21.3 Å². The van der Waals surface area contributed by atoms with Crippen LogP contribution in [0.2, 0.25) is 0 Å². The smallest absolute Gasteiger partial charge is 0.262 e. The van der Waals surface area contributed by atoms with Crippen LogP contribution in [0.4, 0.5) is 5.82 Å². The summed E-state index contributed by atoms with van der Waals surface area (Å²) in [5, 5.41) is 2.07. The zero-order valence-corrected chi connectivity index (χ0v) is 14.1. The van der Waals surface area contributed by atoms with E-state index in [2.05, 4.69) is 10.0 Å². The lowest BCUT2D eigenvalue weighted by Gasteiger charge is -2.14. The molecule has 0 saturated carbocycles. The Kier molecular flexibility index (Phi) is 3.73. The lowest BCUT2D eigenvalue weighted by Crippen LogP contribution is -2.25. The second kappa shape index (κ2) is 5.53. The van der Waals surface area contributed by atoms with Gasteiger partial charge in [-0.2, -0.15) is 0 Å². The van der Waals surface area contributed by atoms with Crippen molar-refractivity contribution in [3.05, 3.63) is 51.3 Å². The van der Waals surface area contributed by atoms with Gasteiger partial charge in [-0.1, -0.05) is 6.07 Å². The van der Waals surface area contributed by atoms with Crippen LogP contribution in [0, 0.1) is 6.92 Å². The van der Waals surface area contributed by atoms with Crippen molar-refractivity contribution in [3.8, 4) is 5.69 Å². The molecule has 3 rings (SSSR count). The van der Waals surface area contributed by atoms with Gasteiger partial charge in [-0.25, -0.2) is 13.1 Å². The fourth-order valence-electron chi connectivity index (χ4n) is 2.67. The summed E-state index contributed by atoms with van der Waals surface area (Å²) in [7, 11) is -2.48. The van der Waals surface area contributed by atoms with E-state index in [0.717, 1.165) is 10.6 Å². The predicted molar refractivity (Wildman–Crippen MR) is 89.2 cm³/mol. The predicted octanol–water partition coefficient (Wildman–Crippen LogP) is -0.480. The third kappa shape index (κ3) is 2.51. The molecule has 25 heavy (non-hydrogen) atoms. The number of nitrogens with two attached hydrogens (primary N) is 1. The Morgan fingerprint density at radius 2 is 1.80 bits per heavy atom. The zero-order chi connectivity index (χ0) is 18.5. The molecule has 0 unspecified atom stereocenters. The van der Waals surface area contributed by atoms with Crippen molar-refractivity contribution >= 4 is 27.7 Å². The fourth-order valence-corrected chi connectivity index (χ4v) is 3.66. The van der Waals surface area contributed by atoms with E-state index in [0.29, 0.717) is 5.56 Å². The Morgan fingerprint density at radius 3 is 2.44 bits per heavy atom. The first-order valence-corrected chi connectivity index (χ1v) is 8.61. The van der Waals surface area contributed by atoms with E-state index in [9.17, 15) is 22.8 Å². The van der Waals surface area contributed by atoms with E-state index in [4.69, 9.17) is 5.73 Å². The molecule has 130 valence electrons. The van der Waals surface area contributed by atoms with Crippen LogP contribution in [0.5, 0.6) is 0 Å². The van der Waals surface area contributed by atoms with Gasteiger partial charge in [0.2, 0.25) is 10.0 Å². The van der Waals surface area contributed by atoms with Crippen molar-refractivity contribution in [2.75, 3.05) is 12.8 Å². The van der Waals surface area contributed by atoms with Gasteiger partial charge in [0.05, 0.1) is 21.7 Å². The number of benzene rings is 1. The first-order valence-electron chi connectivity index (χ1n) is 7.13. The van der Waals surface area contributed by atoms with Crippen LogP contribution >= 0.6 is 0 Å². The Bertz CT molecular complexity index is 1100. The van der Waals surface area contributed by atoms with Crippen molar-refractivity contribution < 1.29 is 18.0 Å². The summed E-state index contributed by atoms with van der Waals surface area (Å²) in [6.45, 7) is 1.61. The van der Waals surface area contributed by atoms with Crippen molar-refractivity contribution in [1.82, 2.24) is 14.6 Å². The average molecular weight is 362 g/mol. The molecular weight excluding hydrogens is 348 g/mol. The van der Waals surface area contributed by atoms with Crippen LogP contribution in [-0.4, -0.2) is 31.8 Å². The normalized spacial score (nSPS) is 13.7. The summed E-state index contributed by atoms with van der Waals surface area (Å²) in [5.74, 6) is -1.64. The number of nitrogen functional groups attached to an aromatic ring is 1. The zero-order valence-electron chi connectivity index (χ0n) is 13.3. The summed E-state index contributed by atoms with van der Waals surface area (Å²) in [5.41, 5.74) is 5.71. The molecule has 0 bridgehead atoms. The van der Waals surface area contributed by atoms with E-state index < -0.39 is 27.4 Å². The number of nitrogens with one attached hydrogen (secondary N) is 2. The lowest BCUT2D eigenvalue weighted by atomic mass is 10.1. The maximum atomic E-state index is 12.4. The standard InChI is InChI=1S/C15H14N4O5S/c1-7-3-4-8(5-10(7)25(23,24)17-2)19-11(20)6-9-12(13(19)16)15(22)18-14(9)21/h3-6,17H,16H2,1-2H3,(H,18,21,22). The number of fused-ring (bicyclic) bond motifs is 1. The van der Waals surface area contributed by atoms with Gasteiger partial charge in [0, 0.05) is 6.07 Å². The van der Waals surface area contributed by atoms with Gasteiger partial charge in [-0.05, 0) is 31.7 Å². The molecule has 1 aliphatic heterocycles. The highest BCUT2D eigenvalue weighted by Gasteiger charge is 2.32. The summed E-state index contributed by atoms with van der Waals surface area (Å²) in [6, 6.07) is 5.30. The number of hydrogen-bond donors (Lipinski definition) is 3. The number of imide groups is 1. The van der Waals surface area contributed by atoms with Crippen molar-refractivity contribution in [2.24, 2.45) is 0 Å². The monoisotopic (exact) mass is 362 g/mol. The largest absolute Gasteiger partial charge is 0.384 e. The first-order chi connectivity index (χ1) is 11.7. The molecular formula is C15H14N4O5S. The van der Waals surface area contributed by atoms with Crippen LogP contribution in [0.3, 0.4) is 0 Å². The molecule has 0 aliphatic carbocycles. The van der Waals surface area contributed by atoms with Gasteiger partial charge in [-0.3, -0.25) is 24.3 Å². The Balaban J connectivity index is 2.31. The minimum Gasteiger partial charge on any atom is -0.384 e. The number of aromatic nitrogens is 1. The molecule has 0 saturated heterocycles. The number of anilines is 1. The molecule has 2 amide bonds. The molecule has 2 heterocycles. The second-order valence-electron chi connectivity index (χ2n) is 5.43. The van der Waals surface area contributed by atoms with Crippen LogP contribution in [0.1, 0.15) is 26.3 Å². The molecule has 1 aromatic carbocycles. The minimum absolute atomic E-state index is 0.0279. The minimum atomic E-state index is -3.76. The molecule has 0 fully saturated rings. The number of carbonyl (C=O) groups is 2. The third-order valence-corrected chi connectivity index (χ3v) is 5.50. The maximum absolute atomic E-state index is 12.4. The second-order valence-corrected chi connectivity index (χ2v) is 7.29. The number of sulfonamides is 1. The highest BCUT2D eigenvalue weighted by atomic mass is 32.2. The molecule has 2 aromatic rings. The number of nitrogens with zero attached hydrogens (tertiary/aromatic N) is 1. The third-order valence-electron chi connectivity index (χ3n) is 3.94. The number of carbonyl (C=O) groups excluding carboxylic acids is 2. The van der Waals surface area contributed by atoms with Gasteiger partial charge < -0.3 is 5.73 Å². The van der Waals surface area contributed by atoms with Gasteiger partial charge in [0.25, 0.3) is 17.4 Å². The number of rotatable bonds is 3. The number of pyridine rings is 1. The Labute approximate surface area is 142 Å². The summed E-state index contributed by atoms with van der Waals surface area (Å²) < 4.78 is 27.4. The fraction of sp³-hybridized carbons (Fsp3) is 0.133. The van der Waals surface area contributed by atoms with E-state index in [1.165, 1.54) is 25.2 Å². The Morgan fingerprint density at radius 1 is 1.12 bits per heavy atom. The molecule has 4 N–H and O–H groups in total. The van der Waals surface area contributed by atoms with Crippen molar-refractivity contribution in [2.45, 2.75) is 11.8 Å². The maximum Gasteiger partial charge on any atom is 0.262 e. The van der Waals surface area contributed by atoms with E-state index in [1.807, 2.05) is 0 Å². The van der Waals surface area contributed by atoms with Gasteiger partial charge in [-0.15, -0.1) is 0 Å². The van der Waals surface area contributed by atoms with Gasteiger partial charge in [0.1, 0.15) is 5.82 Å². The topological polar surface area (TPSA) is 140 Å². The highest BCUT2D eigenvalue weighted by Crippen LogP contribution is 2.25.